The number of hydrogen-bond donors (Lipinski definition) is 0. The van der Waals surface area contributed by atoms with Crippen LogP contribution in [-0.2, 0) is 11.3 Å². The van der Waals surface area contributed by atoms with Crippen LogP contribution in [0.4, 0.5) is 13.2 Å². The van der Waals surface area contributed by atoms with Crippen molar-refractivity contribution in [2.45, 2.75) is 57.7 Å². The number of alkyl halides is 3. The van der Waals surface area contributed by atoms with Gasteiger partial charge < -0.3 is 9.47 Å². The Morgan fingerprint density at radius 2 is 2.23 bits per heavy atom. The smallest absolute Gasteiger partial charge is 0.342 e. The van der Waals surface area contributed by atoms with Crippen molar-refractivity contribution in [2.75, 3.05) is 13.1 Å². The number of carbonyl (C=O) groups excluding carboxylic acids is 1. The Morgan fingerprint density at radius 1 is 1.45 bits per heavy atom. The Labute approximate surface area is 128 Å². The molecule has 1 aliphatic heterocycles. The van der Waals surface area contributed by atoms with E-state index < -0.39 is 18.5 Å². The highest BCUT2D eigenvalue weighted by molar-refractivity contribution is 5.77. The van der Waals surface area contributed by atoms with Crippen molar-refractivity contribution < 1.29 is 18.0 Å². The van der Waals surface area contributed by atoms with Gasteiger partial charge in [0.25, 0.3) is 0 Å². The number of likely N-dealkylation sites (tertiary alicyclic amines) is 1. The molecular formula is C15H22F3N3O. The number of imidazole rings is 1. The van der Waals surface area contributed by atoms with E-state index in [2.05, 4.69) is 16.5 Å². The molecule has 7 heteroatoms. The van der Waals surface area contributed by atoms with Crippen molar-refractivity contribution in [1.82, 2.24) is 14.5 Å². The maximum absolute atomic E-state index is 12.4. The molecule has 22 heavy (non-hydrogen) atoms. The van der Waals surface area contributed by atoms with Crippen LogP contribution >= 0.6 is 0 Å². The molecule has 1 saturated heterocycles. The maximum atomic E-state index is 12.4. The van der Waals surface area contributed by atoms with Crippen LogP contribution in [0.5, 0.6) is 0 Å². The van der Waals surface area contributed by atoms with Gasteiger partial charge in [-0.05, 0) is 19.3 Å². The van der Waals surface area contributed by atoms with E-state index in [1.165, 1.54) is 4.90 Å². The molecule has 1 amide bonds. The number of nitrogens with zero attached hydrogens (tertiary/aromatic N) is 3. The number of hydrogen-bond acceptors (Lipinski definition) is 2. The van der Waals surface area contributed by atoms with Crippen LogP contribution in [0.15, 0.2) is 12.4 Å². The summed E-state index contributed by atoms with van der Waals surface area (Å²) in [5.74, 6) is 0.0830. The molecule has 2 rings (SSSR count). The summed E-state index contributed by atoms with van der Waals surface area (Å²) in [6, 6.07) is 0. The molecule has 124 valence electrons. The summed E-state index contributed by atoms with van der Waals surface area (Å²) < 4.78 is 39.2. The number of rotatable bonds is 5. The third kappa shape index (κ3) is 4.48. The van der Waals surface area contributed by atoms with Crippen molar-refractivity contribution in [3.8, 4) is 0 Å². The van der Waals surface area contributed by atoms with E-state index in [0.717, 1.165) is 38.1 Å². The minimum Gasteiger partial charge on any atom is -0.342 e. The Morgan fingerprint density at radius 3 is 2.91 bits per heavy atom. The first-order valence-corrected chi connectivity index (χ1v) is 7.76. The van der Waals surface area contributed by atoms with Gasteiger partial charge in [0.05, 0.1) is 0 Å². The quantitative estimate of drug-likeness (QED) is 0.835. The summed E-state index contributed by atoms with van der Waals surface area (Å²) in [6.45, 7) is 3.70. The molecule has 0 spiro atoms. The van der Waals surface area contributed by atoms with Crippen LogP contribution in [0, 0.1) is 0 Å². The van der Waals surface area contributed by atoms with Gasteiger partial charge in [-0.1, -0.05) is 13.3 Å². The van der Waals surface area contributed by atoms with Crippen molar-refractivity contribution >= 4 is 5.91 Å². The summed E-state index contributed by atoms with van der Waals surface area (Å²) in [5.41, 5.74) is 0. The summed E-state index contributed by atoms with van der Waals surface area (Å²) in [6.07, 6.45) is 1.50. The highest BCUT2D eigenvalue weighted by atomic mass is 19.4. The fraction of sp³-hybridized carbons (Fsp3) is 0.733. The minimum atomic E-state index is -4.44. The lowest BCUT2D eigenvalue weighted by molar-refractivity contribution is -0.162. The van der Waals surface area contributed by atoms with Gasteiger partial charge in [-0.3, -0.25) is 4.79 Å². The van der Waals surface area contributed by atoms with Gasteiger partial charge in [-0.15, -0.1) is 0 Å². The Hall–Kier alpha value is -1.53. The second-order valence-electron chi connectivity index (χ2n) is 5.80. The normalized spacial score (nSPS) is 19.5. The predicted molar refractivity (Wildman–Crippen MR) is 76.4 cm³/mol. The number of aromatic nitrogens is 2. The van der Waals surface area contributed by atoms with Gasteiger partial charge in [0.15, 0.2) is 0 Å². The number of unbranched alkanes of at least 4 members (excludes halogenated alkanes) is 1. The summed E-state index contributed by atoms with van der Waals surface area (Å²) in [7, 11) is 0. The van der Waals surface area contributed by atoms with Gasteiger partial charge in [0.2, 0.25) is 5.91 Å². The zero-order chi connectivity index (χ0) is 16.2. The minimum absolute atomic E-state index is 0.0257. The highest BCUT2D eigenvalue weighted by Gasteiger charge is 2.35. The van der Waals surface area contributed by atoms with E-state index in [0.29, 0.717) is 13.1 Å². The van der Waals surface area contributed by atoms with Crippen LogP contribution < -0.4 is 0 Å². The van der Waals surface area contributed by atoms with Gasteiger partial charge in [0, 0.05) is 37.9 Å². The SMILES string of the molecule is CCCCn1ccnc1[C@H]1CCCN(C(=O)CC(F)(F)F)C1. The third-order valence-corrected chi connectivity index (χ3v) is 3.99. The van der Waals surface area contributed by atoms with E-state index in [1.54, 1.807) is 6.20 Å². The molecule has 1 aliphatic rings. The molecule has 1 atom stereocenters. The van der Waals surface area contributed by atoms with E-state index in [9.17, 15) is 18.0 Å². The molecule has 1 aromatic rings. The monoisotopic (exact) mass is 317 g/mol. The molecule has 0 saturated carbocycles. The molecule has 0 bridgehead atoms. The van der Waals surface area contributed by atoms with Crippen LogP contribution in [0.2, 0.25) is 0 Å². The first-order valence-electron chi connectivity index (χ1n) is 7.76. The van der Waals surface area contributed by atoms with Crippen LogP contribution in [0.3, 0.4) is 0 Å². The van der Waals surface area contributed by atoms with E-state index in [4.69, 9.17) is 0 Å². The average molecular weight is 317 g/mol. The van der Waals surface area contributed by atoms with E-state index in [1.807, 2.05) is 6.20 Å². The van der Waals surface area contributed by atoms with Gasteiger partial charge in [-0.25, -0.2) is 4.98 Å². The van der Waals surface area contributed by atoms with Crippen LogP contribution in [0.1, 0.15) is 50.8 Å². The number of carbonyl (C=O) groups is 1. The third-order valence-electron chi connectivity index (χ3n) is 3.99. The second-order valence-corrected chi connectivity index (χ2v) is 5.80. The number of aryl methyl sites for hydroxylation is 1. The first-order chi connectivity index (χ1) is 10.4. The first kappa shape index (κ1) is 16.8. The molecule has 0 N–H and O–H groups in total. The summed E-state index contributed by atoms with van der Waals surface area (Å²) in [5, 5.41) is 0. The molecule has 1 aromatic heterocycles. The Balaban J connectivity index is 2.01. The molecule has 4 nitrogen and oxygen atoms in total. The molecule has 1 fully saturated rings. The molecule has 0 aromatic carbocycles. The zero-order valence-electron chi connectivity index (χ0n) is 12.8. The van der Waals surface area contributed by atoms with Gasteiger partial charge in [-0.2, -0.15) is 13.2 Å². The highest BCUT2D eigenvalue weighted by Crippen LogP contribution is 2.28. The molecular weight excluding hydrogens is 295 g/mol. The second kappa shape index (κ2) is 7.15. The van der Waals surface area contributed by atoms with Gasteiger partial charge in [0.1, 0.15) is 12.2 Å². The topological polar surface area (TPSA) is 38.1 Å². The average Bonchev–Trinajstić information content (AvgIpc) is 2.92. The lowest BCUT2D eigenvalue weighted by Crippen LogP contribution is -2.41. The van der Waals surface area contributed by atoms with E-state index in [-0.39, 0.29) is 5.92 Å². The lowest BCUT2D eigenvalue weighted by Gasteiger charge is -2.33. The lowest BCUT2D eigenvalue weighted by atomic mass is 9.96. The molecule has 0 aliphatic carbocycles. The molecule has 0 radical (unpaired) electrons. The summed E-state index contributed by atoms with van der Waals surface area (Å²) >= 11 is 0. The Kier molecular flexibility index (Phi) is 5.47. The van der Waals surface area contributed by atoms with Crippen molar-refractivity contribution in [3.63, 3.8) is 0 Å². The standard InChI is InChI=1S/C15H22F3N3O/c1-2-3-7-20-9-6-19-14(20)12-5-4-8-21(11-12)13(22)10-15(16,17)18/h6,9,12H,2-5,7-8,10-11H2,1H3/t12-/m0/s1. The molecule has 2 heterocycles. The van der Waals surface area contributed by atoms with Crippen molar-refractivity contribution in [1.29, 1.82) is 0 Å². The van der Waals surface area contributed by atoms with Crippen LogP contribution in [-0.4, -0.2) is 39.6 Å². The number of halogens is 3. The van der Waals surface area contributed by atoms with Crippen molar-refractivity contribution in [2.24, 2.45) is 0 Å². The van der Waals surface area contributed by atoms with Gasteiger partial charge >= 0.3 is 6.18 Å². The van der Waals surface area contributed by atoms with Crippen molar-refractivity contribution in [3.05, 3.63) is 18.2 Å². The maximum Gasteiger partial charge on any atom is 0.397 e. The Bertz CT molecular complexity index is 498. The van der Waals surface area contributed by atoms with E-state index >= 15 is 0 Å². The fourth-order valence-electron chi connectivity index (χ4n) is 2.90. The fourth-order valence-corrected chi connectivity index (χ4v) is 2.90. The summed E-state index contributed by atoms with van der Waals surface area (Å²) in [4.78, 5) is 17.5. The molecule has 0 unspecified atom stereocenters. The predicted octanol–water partition coefficient (Wildman–Crippen LogP) is 3.34. The largest absolute Gasteiger partial charge is 0.397 e. The number of piperidine rings is 1. The number of amides is 1. The van der Waals surface area contributed by atoms with Crippen LogP contribution in [0.25, 0.3) is 0 Å². The zero-order valence-corrected chi connectivity index (χ0v) is 12.8.